The highest BCUT2D eigenvalue weighted by atomic mass is 35.5. The lowest BCUT2D eigenvalue weighted by atomic mass is 9.86. The van der Waals surface area contributed by atoms with Crippen LogP contribution in [0.25, 0.3) is 11.0 Å². The Bertz CT molecular complexity index is 878. The summed E-state index contributed by atoms with van der Waals surface area (Å²) in [4.78, 5) is 13.2. The Morgan fingerprint density at radius 1 is 1.04 bits per heavy atom. The van der Waals surface area contributed by atoms with Gasteiger partial charge >= 0.3 is 0 Å². The molecule has 1 aliphatic rings. The van der Waals surface area contributed by atoms with Crippen LogP contribution < -0.4 is 16.4 Å². The van der Waals surface area contributed by atoms with Gasteiger partial charge in [-0.2, -0.15) is 0 Å². The molecule has 2 aromatic heterocycles. The fourth-order valence-electron chi connectivity index (χ4n) is 2.85. The number of nitrogens with zero attached hydrogens (tertiary/aromatic N) is 3. The lowest BCUT2D eigenvalue weighted by molar-refractivity contribution is 0.396. The number of fused-ring (bicyclic) bond motifs is 1. The maximum atomic E-state index is 6.01. The van der Waals surface area contributed by atoms with Crippen LogP contribution in [0.4, 0.5) is 17.3 Å². The number of hydrogen-bond acceptors (Lipinski definition) is 6. The average Bonchev–Trinajstić information content (AvgIpc) is 2.54. The van der Waals surface area contributed by atoms with E-state index in [1.165, 1.54) is 0 Å². The van der Waals surface area contributed by atoms with Crippen LogP contribution in [-0.2, 0) is 0 Å². The Hall–Kier alpha value is -2.60. The first-order valence-electron chi connectivity index (χ1n) is 7.83. The van der Waals surface area contributed by atoms with Crippen molar-refractivity contribution < 1.29 is 0 Å². The number of nitrogens with one attached hydrogen (secondary N) is 2. The lowest BCUT2D eigenvalue weighted by Crippen LogP contribution is -2.44. The molecule has 0 bridgehead atoms. The van der Waals surface area contributed by atoms with Crippen molar-refractivity contribution in [3.8, 4) is 0 Å². The van der Waals surface area contributed by atoms with Gasteiger partial charge in [0.25, 0.3) is 0 Å². The van der Waals surface area contributed by atoms with Gasteiger partial charge in [-0.25, -0.2) is 9.97 Å². The molecule has 0 atom stereocenters. The minimum Gasteiger partial charge on any atom is -0.396 e. The van der Waals surface area contributed by atoms with Crippen LogP contribution in [-0.4, -0.2) is 27.0 Å². The van der Waals surface area contributed by atoms with Crippen molar-refractivity contribution in [1.29, 1.82) is 0 Å². The third-order valence-corrected chi connectivity index (χ3v) is 4.41. The zero-order valence-corrected chi connectivity index (χ0v) is 13.7. The first-order valence-corrected chi connectivity index (χ1v) is 8.21. The molecule has 0 saturated heterocycles. The minimum atomic E-state index is 0.360. The van der Waals surface area contributed by atoms with Crippen LogP contribution in [0, 0.1) is 0 Å². The number of nitrogen functional groups attached to an aromatic ring is 1. The van der Waals surface area contributed by atoms with E-state index in [1.807, 2.05) is 30.3 Å². The van der Waals surface area contributed by atoms with Gasteiger partial charge in [-0.3, -0.25) is 4.98 Å². The maximum Gasteiger partial charge on any atom is 0.149 e. The zero-order chi connectivity index (χ0) is 16.5. The third kappa shape index (κ3) is 3.05. The molecule has 4 N–H and O–H groups in total. The second-order valence-corrected chi connectivity index (χ2v) is 6.42. The molecular formula is C17H17ClN6. The second kappa shape index (κ2) is 6.13. The molecule has 2 heterocycles. The van der Waals surface area contributed by atoms with Gasteiger partial charge < -0.3 is 16.4 Å². The topological polar surface area (TPSA) is 88.8 Å². The van der Waals surface area contributed by atoms with Crippen molar-refractivity contribution in [1.82, 2.24) is 15.0 Å². The Morgan fingerprint density at radius 2 is 1.88 bits per heavy atom. The van der Waals surface area contributed by atoms with E-state index in [9.17, 15) is 0 Å². The molecule has 0 radical (unpaired) electrons. The highest BCUT2D eigenvalue weighted by molar-refractivity contribution is 6.31. The van der Waals surface area contributed by atoms with Crippen LogP contribution >= 0.6 is 11.6 Å². The predicted molar refractivity (Wildman–Crippen MR) is 97.3 cm³/mol. The van der Waals surface area contributed by atoms with Crippen LogP contribution in [0.3, 0.4) is 0 Å². The summed E-state index contributed by atoms with van der Waals surface area (Å²) in [6.07, 6.45) is 5.45. The molecule has 1 aromatic carbocycles. The van der Waals surface area contributed by atoms with Gasteiger partial charge in [0.1, 0.15) is 11.6 Å². The van der Waals surface area contributed by atoms with E-state index in [0.717, 1.165) is 35.5 Å². The molecular weight excluding hydrogens is 324 g/mol. The van der Waals surface area contributed by atoms with Gasteiger partial charge in [0, 0.05) is 23.3 Å². The summed E-state index contributed by atoms with van der Waals surface area (Å²) in [5.41, 5.74) is 8.20. The summed E-state index contributed by atoms with van der Waals surface area (Å²) >= 11 is 6.01. The number of pyridine rings is 1. The number of nitrogens with two attached hydrogens (primary N) is 1. The molecule has 7 heteroatoms. The summed E-state index contributed by atoms with van der Waals surface area (Å²) < 4.78 is 0. The van der Waals surface area contributed by atoms with Crippen molar-refractivity contribution >= 4 is 40.0 Å². The highest BCUT2D eigenvalue weighted by Crippen LogP contribution is 2.28. The first-order chi connectivity index (χ1) is 11.7. The van der Waals surface area contributed by atoms with Gasteiger partial charge in [0.2, 0.25) is 0 Å². The smallest absolute Gasteiger partial charge is 0.149 e. The fourth-order valence-corrected chi connectivity index (χ4v) is 3.01. The van der Waals surface area contributed by atoms with Crippen molar-refractivity contribution in [3.05, 3.63) is 47.7 Å². The van der Waals surface area contributed by atoms with Crippen LogP contribution in [0.2, 0.25) is 5.02 Å². The molecule has 1 aliphatic carbocycles. The fraction of sp³-hybridized carbons (Fsp3) is 0.235. The number of rotatable bonds is 4. The first kappa shape index (κ1) is 15.0. The monoisotopic (exact) mass is 340 g/mol. The maximum absolute atomic E-state index is 6.01. The predicted octanol–water partition coefficient (Wildman–Crippen LogP) is 3.32. The Kier molecular flexibility index (Phi) is 3.82. The number of anilines is 3. The molecule has 1 fully saturated rings. The van der Waals surface area contributed by atoms with E-state index in [-0.39, 0.29) is 0 Å². The molecule has 122 valence electrons. The molecule has 6 nitrogen and oxygen atoms in total. The summed E-state index contributed by atoms with van der Waals surface area (Å²) in [6.45, 7) is 0. The van der Waals surface area contributed by atoms with Gasteiger partial charge in [-0.1, -0.05) is 11.6 Å². The molecule has 0 amide bonds. The minimum absolute atomic E-state index is 0.360. The van der Waals surface area contributed by atoms with Crippen molar-refractivity contribution in [2.75, 3.05) is 16.4 Å². The Morgan fingerprint density at radius 3 is 2.71 bits per heavy atom. The molecule has 4 rings (SSSR count). The van der Waals surface area contributed by atoms with Crippen LogP contribution in [0.1, 0.15) is 12.8 Å². The van der Waals surface area contributed by atoms with Crippen molar-refractivity contribution in [2.45, 2.75) is 24.9 Å². The number of hydrogen-bond donors (Lipinski definition) is 3. The van der Waals surface area contributed by atoms with Crippen LogP contribution in [0.5, 0.6) is 0 Å². The molecule has 1 saturated carbocycles. The largest absolute Gasteiger partial charge is 0.396 e. The van der Waals surface area contributed by atoms with E-state index in [4.69, 9.17) is 17.3 Å². The number of benzene rings is 1. The van der Waals surface area contributed by atoms with Gasteiger partial charge in [0.15, 0.2) is 0 Å². The van der Waals surface area contributed by atoms with E-state index in [1.54, 1.807) is 12.4 Å². The summed E-state index contributed by atoms with van der Waals surface area (Å²) in [7, 11) is 0. The molecule has 0 aliphatic heterocycles. The summed E-state index contributed by atoms with van der Waals surface area (Å²) in [5.74, 6) is 1.52. The zero-order valence-electron chi connectivity index (χ0n) is 12.9. The van der Waals surface area contributed by atoms with Crippen molar-refractivity contribution in [3.63, 3.8) is 0 Å². The van der Waals surface area contributed by atoms with Gasteiger partial charge in [-0.15, -0.1) is 0 Å². The molecule has 0 spiro atoms. The Balaban J connectivity index is 1.37. The number of halogens is 1. The standard InChI is InChI=1S/C17H17ClN6/c18-10-3-4-14-15(6-10)24-16(9-21-14)22-11-7-12(8-11)23-17-13(19)2-1-5-20-17/h1-6,9,11-12H,7-8,19H2,(H,20,23)(H,22,24). The SMILES string of the molecule is Nc1cccnc1NC1CC(Nc2cnc3ccc(Cl)cc3n2)C1. The van der Waals surface area contributed by atoms with E-state index in [0.29, 0.717) is 22.8 Å². The summed E-state index contributed by atoms with van der Waals surface area (Å²) in [5, 5.41) is 7.44. The Labute approximate surface area is 144 Å². The van der Waals surface area contributed by atoms with Crippen LogP contribution in [0.15, 0.2) is 42.7 Å². The van der Waals surface area contributed by atoms with E-state index < -0.39 is 0 Å². The second-order valence-electron chi connectivity index (χ2n) is 5.98. The van der Waals surface area contributed by atoms with Gasteiger partial charge in [-0.05, 0) is 43.2 Å². The average molecular weight is 341 g/mol. The highest BCUT2D eigenvalue weighted by Gasteiger charge is 2.29. The quantitative estimate of drug-likeness (QED) is 0.675. The van der Waals surface area contributed by atoms with E-state index >= 15 is 0 Å². The van der Waals surface area contributed by atoms with E-state index in [2.05, 4.69) is 25.6 Å². The lowest BCUT2D eigenvalue weighted by Gasteiger charge is -2.37. The third-order valence-electron chi connectivity index (χ3n) is 4.17. The normalized spacial score (nSPS) is 19.7. The van der Waals surface area contributed by atoms with Crippen molar-refractivity contribution in [2.24, 2.45) is 0 Å². The molecule has 3 aromatic rings. The molecule has 24 heavy (non-hydrogen) atoms. The van der Waals surface area contributed by atoms with Gasteiger partial charge in [0.05, 0.1) is 22.9 Å². The number of aromatic nitrogens is 3. The molecule has 0 unspecified atom stereocenters. The summed E-state index contributed by atoms with van der Waals surface area (Å²) in [6, 6.07) is 9.91.